The lowest BCUT2D eigenvalue weighted by Gasteiger charge is -2.29. The predicted octanol–water partition coefficient (Wildman–Crippen LogP) is 4.09. The number of methoxy groups -OCH3 is 1. The molecule has 10 nitrogen and oxygen atoms in total. The van der Waals surface area contributed by atoms with Crippen LogP contribution < -0.4 is 19.1 Å². The maximum atomic E-state index is 13.9. The van der Waals surface area contributed by atoms with Gasteiger partial charge in [-0.3, -0.25) is 19.5 Å². The van der Waals surface area contributed by atoms with Gasteiger partial charge in [0.1, 0.15) is 0 Å². The van der Waals surface area contributed by atoms with Crippen LogP contribution in [0.1, 0.15) is 43.4 Å². The minimum atomic E-state index is -0.881. The van der Waals surface area contributed by atoms with Crippen LogP contribution in [0.2, 0.25) is 0 Å². The van der Waals surface area contributed by atoms with Crippen molar-refractivity contribution in [2.75, 3.05) is 38.4 Å². The number of unbranched alkanes of at least 4 members (excludes halogenated alkanes) is 1. The lowest BCUT2D eigenvalue weighted by Crippen LogP contribution is -2.44. The number of carbonyl (C=O) groups excluding carboxylic acids is 1. The van der Waals surface area contributed by atoms with E-state index in [9.17, 15) is 14.7 Å². The van der Waals surface area contributed by atoms with Gasteiger partial charge < -0.3 is 28.8 Å². The molecule has 1 fully saturated rings. The maximum Gasteiger partial charge on any atom is 0.308 e. The number of ether oxygens (including phenoxy) is 3. The van der Waals surface area contributed by atoms with E-state index in [0.717, 1.165) is 29.8 Å². The number of nitrogens with zero attached hydrogens (tertiary/aromatic N) is 4. The van der Waals surface area contributed by atoms with E-state index in [0.29, 0.717) is 43.2 Å². The van der Waals surface area contributed by atoms with Crippen molar-refractivity contribution in [2.24, 2.45) is 13.0 Å². The topological polar surface area (TPSA) is 106 Å². The Morgan fingerprint density at radius 1 is 1.22 bits per heavy atom. The highest BCUT2D eigenvalue weighted by Gasteiger charge is 2.47. The van der Waals surface area contributed by atoms with E-state index in [2.05, 4.69) is 27.4 Å². The predicted molar refractivity (Wildman–Crippen MR) is 154 cm³/mol. The number of hydrogen-bond acceptors (Lipinski definition) is 7. The van der Waals surface area contributed by atoms with Gasteiger partial charge in [-0.1, -0.05) is 13.3 Å². The first kappa shape index (κ1) is 28.5. The summed E-state index contributed by atoms with van der Waals surface area (Å²) < 4.78 is 18.8. The molecule has 5 rings (SSSR count). The van der Waals surface area contributed by atoms with Crippen LogP contribution in [0.4, 0.5) is 5.69 Å². The molecule has 1 saturated heterocycles. The summed E-state index contributed by atoms with van der Waals surface area (Å²) in [5.74, 6) is -0.467. The molecule has 3 aromatic rings. The number of likely N-dealkylation sites (tertiary alicyclic amines) is 1. The standard InChI is InChI=1S/C31H38N4O6/c1-4-5-14-35(23-8-6-12-32-17-23)28(36)19-34-18-24(21-15-26(39-3)30-27(16-21)40-20-41-30)29(31(37)38)25(34)11-10-22-9-7-13-33(22)2/h6-9,12-13,15-17,24-25,29H,4-5,10-11,14,18-20H2,1-3H3,(H,37,38)/t24-,25+,29-/m1/s1. The van der Waals surface area contributed by atoms with Gasteiger partial charge in [-0.05, 0) is 61.2 Å². The molecule has 0 aliphatic carbocycles. The van der Waals surface area contributed by atoms with E-state index in [1.54, 1.807) is 24.4 Å². The molecular weight excluding hydrogens is 524 g/mol. The molecule has 4 heterocycles. The Morgan fingerprint density at radius 3 is 2.76 bits per heavy atom. The summed E-state index contributed by atoms with van der Waals surface area (Å²) in [5.41, 5.74) is 2.67. The molecule has 0 saturated carbocycles. The first-order chi connectivity index (χ1) is 19.9. The minimum absolute atomic E-state index is 0.0663. The quantitative estimate of drug-likeness (QED) is 0.352. The van der Waals surface area contributed by atoms with Gasteiger partial charge in [0.25, 0.3) is 0 Å². The monoisotopic (exact) mass is 562 g/mol. The zero-order valence-electron chi connectivity index (χ0n) is 23.9. The van der Waals surface area contributed by atoms with Crippen molar-refractivity contribution in [3.05, 3.63) is 66.2 Å². The normalized spacial score (nSPS) is 19.8. The molecule has 1 aromatic carbocycles. The minimum Gasteiger partial charge on any atom is -0.493 e. The first-order valence-corrected chi connectivity index (χ1v) is 14.2. The third kappa shape index (κ3) is 6.02. The summed E-state index contributed by atoms with van der Waals surface area (Å²) in [6.45, 7) is 3.28. The average Bonchev–Trinajstić information content (AvgIpc) is 3.70. The highest BCUT2D eigenvalue weighted by atomic mass is 16.7. The zero-order valence-corrected chi connectivity index (χ0v) is 23.9. The number of anilines is 1. The van der Waals surface area contributed by atoms with Gasteiger partial charge in [0, 0.05) is 50.2 Å². The molecule has 0 radical (unpaired) electrons. The van der Waals surface area contributed by atoms with E-state index in [1.165, 1.54) is 0 Å². The molecule has 0 bridgehead atoms. The number of amides is 1. The molecule has 10 heteroatoms. The second-order valence-electron chi connectivity index (χ2n) is 10.7. The van der Waals surface area contributed by atoms with Crippen LogP contribution >= 0.6 is 0 Å². The third-order valence-corrected chi connectivity index (χ3v) is 8.22. The molecular formula is C31H38N4O6. The largest absolute Gasteiger partial charge is 0.493 e. The summed E-state index contributed by atoms with van der Waals surface area (Å²) in [5, 5.41) is 10.6. The van der Waals surface area contributed by atoms with Crippen LogP contribution in [-0.2, 0) is 23.1 Å². The lowest BCUT2D eigenvalue weighted by molar-refractivity contribution is -0.143. The number of aromatic nitrogens is 2. The number of aryl methyl sites for hydroxylation is 2. The fraction of sp³-hybridized carbons (Fsp3) is 0.452. The highest BCUT2D eigenvalue weighted by Crippen LogP contribution is 2.47. The number of carbonyl (C=O) groups is 2. The van der Waals surface area contributed by atoms with Crippen molar-refractivity contribution < 1.29 is 28.9 Å². The smallest absolute Gasteiger partial charge is 0.308 e. The first-order valence-electron chi connectivity index (χ1n) is 14.2. The second-order valence-corrected chi connectivity index (χ2v) is 10.7. The van der Waals surface area contributed by atoms with Crippen LogP contribution in [0.15, 0.2) is 55.0 Å². The van der Waals surface area contributed by atoms with Gasteiger partial charge in [-0.2, -0.15) is 0 Å². The summed E-state index contributed by atoms with van der Waals surface area (Å²) in [7, 11) is 3.54. The summed E-state index contributed by atoms with van der Waals surface area (Å²) in [6, 6.07) is 11.1. The van der Waals surface area contributed by atoms with Gasteiger partial charge in [0.2, 0.25) is 18.4 Å². The van der Waals surface area contributed by atoms with E-state index in [4.69, 9.17) is 14.2 Å². The van der Waals surface area contributed by atoms with Gasteiger partial charge in [-0.25, -0.2) is 0 Å². The molecule has 218 valence electrons. The van der Waals surface area contributed by atoms with Gasteiger partial charge in [-0.15, -0.1) is 0 Å². The number of fused-ring (bicyclic) bond motifs is 1. The summed E-state index contributed by atoms with van der Waals surface area (Å²) in [4.78, 5) is 34.8. The average molecular weight is 563 g/mol. The number of benzene rings is 1. The van der Waals surface area contributed by atoms with Crippen LogP contribution in [0.5, 0.6) is 17.2 Å². The molecule has 41 heavy (non-hydrogen) atoms. The Bertz CT molecular complexity index is 1360. The van der Waals surface area contributed by atoms with E-state index >= 15 is 0 Å². The molecule has 2 aliphatic rings. The SMILES string of the molecule is CCCCN(C(=O)CN1C[C@H](c2cc(OC)c3c(c2)OCO3)[C@@H](C(=O)O)[C@@H]1CCc1cccn1C)c1cccnc1. The van der Waals surface area contributed by atoms with Gasteiger partial charge >= 0.3 is 5.97 Å². The Hall–Kier alpha value is -4.05. The molecule has 0 spiro atoms. The Labute approximate surface area is 240 Å². The van der Waals surface area contributed by atoms with Crippen LogP contribution in [-0.4, -0.2) is 71.0 Å². The van der Waals surface area contributed by atoms with Crippen LogP contribution in [0.3, 0.4) is 0 Å². The van der Waals surface area contributed by atoms with E-state index < -0.39 is 11.9 Å². The third-order valence-electron chi connectivity index (χ3n) is 8.22. The van der Waals surface area contributed by atoms with Crippen molar-refractivity contribution in [1.82, 2.24) is 14.5 Å². The van der Waals surface area contributed by atoms with E-state index in [-0.39, 0.29) is 31.2 Å². The summed E-state index contributed by atoms with van der Waals surface area (Å²) >= 11 is 0. The van der Waals surface area contributed by atoms with Crippen molar-refractivity contribution in [1.29, 1.82) is 0 Å². The molecule has 1 N–H and O–H groups in total. The fourth-order valence-corrected chi connectivity index (χ4v) is 6.09. The lowest BCUT2D eigenvalue weighted by atomic mass is 9.83. The number of pyridine rings is 1. The fourth-order valence-electron chi connectivity index (χ4n) is 6.09. The summed E-state index contributed by atoms with van der Waals surface area (Å²) in [6.07, 6.45) is 8.47. The van der Waals surface area contributed by atoms with Crippen molar-refractivity contribution in [3.63, 3.8) is 0 Å². The van der Waals surface area contributed by atoms with Gasteiger partial charge in [0.15, 0.2) is 11.5 Å². The number of aliphatic carboxylic acids is 1. The molecule has 2 aliphatic heterocycles. The molecule has 0 unspecified atom stereocenters. The number of hydrogen-bond donors (Lipinski definition) is 1. The number of carboxylic acids is 1. The van der Waals surface area contributed by atoms with E-state index in [1.807, 2.05) is 43.6 Å². The number of carboxylic acid groups (broad SMARTS) is 1. The van der Waals surface area contributed by atoms with Crippen LogP contribution in [0.25, 0.3) is 0 Å². The second kappa shape index (κ2) is 12.6. The molecule has 2 aromatic heterocycles. The van der Waals surface area contributed by atoms with Crippen molar-refractivity contribution >= 4 is 17.6 Å². The maximum absolute atomic E-state index is 13.9. The Morgan fingerprint density at radius 2 is 2.07 bits per heavy atom. The highest BCUT2D eigenvalue weighted by molar-refractivity contribution is 5.94. The zero-order chi connectivity index (χ0) is 28.9. The molecule has 1 amide bonds. The van der Waals surface area contributed by atoms with Crippen LogP contribution in [0, 0.1) is 5.92 Å². The van der Waals surface area contributed by atoms with Gasteiger partial charge in [0.05, 0.1) is 31.5 Å². The van der Waals surface area contributed by atoms with Crippen molar-refractivity contribution in [3.8, 4) is 17.2 Å². The molecule has 3 atom stereocenters. The van der Waals surface area contributed by atoms with Crippen molar-refractivity contribution in [2.45, 2.75) is 44.6 Å². The number of rotatable bonds is 12. The Balaban J connectivity index is 1.47. The Kier molecular flexibility index (Phi) is 8.78.